The number of alkyl halides is 2. The van der Waals surface area contributed by atoms with Gasteiger partial charge in [0.15, 0.2) is 22.8 Å². The third kappa shape index (κ3) is 3.16. The predicted octanol–water partition coefficient (Wildman–Crippen LogP) is 3.99. The molecule has 2 heterocycles. The molecule has 9 atom stereocenters. The average molecular weight is 554 g/mol. The van der Waals surface area contributed by atoms with Gasteiger partial charge in [-0.15, -0.1) is 11.3 Å². The van der Waals surface area contributed by atoms with Crippen LogP contribution in [-0.4, -0.2) is 63.5 Å². The second kappa shape index (κ2) is 8.26. The number of fused-ring (bicyclic) bond motifs is 7. The van der Waals surface area contributed by atoms with Gasteiger partial charge in [0.1, 0.15) is 12.8 Å². The molecule has 6 nitrogen and oxygen atoms in total. The number of Topliss-reactive ketones (excluding diaryl/α,β-unsaturated/α-hetero) is 1. The minimum atomic E-state index is -2.22. The molecule has 0 amide bonds. The van der Waals surface area contributed by atoms with E-state index < -0.39 is 64.4 Å². The molecule has 1 aliphatic heterocycles. The van der Waals surface area contributed by atoms with Gasteiger partial charge < -0.3 is 10.2 Å². The summed E-state index contributed by atoms with van der Waals surface area (Å²) in [6.45, 7) is 3.40. The van der Waals surface area contributed by atoms with Crippen LogP contribution in [0.15, 0.2) is 35.9 Å². The number of hydrogen-bond acceptors (Lipinski definition) is 7. The maximum absolute atomic E-state index is 17.4. The highest BCUT2D eigenvalue weighted by Crippen LogP contribution is 2.72. The summed E-state index contributed by atoms with van der Waals surface area (Å²) in [5.74, 6) is -2.63. The van der Waals surface area contributed by atoms with Gasteiger partial charge in [0.2, 0.25) is 0 Å². The number of hydroxylamine groups is 2. The Labute approximate surface area is 222 Å². The molecule has 200 valence electrons. The molecular weight excluding hydrogens is 524 g/mol. The molecule has 4 fully saturated rings. The molecule has 5 aliphatic rings. The van der Waals surface area contributed by atoms with Crippen molar-refractivity contribution in [2.75, 3.05) is 13.2 Å². The first kappa shape index (κ1) is 25.8. The van der Waals surface area contributed by atoms with Gasteiger partial charge in [-0.2, -0.15) is 5.06 Å². The van der Waals surface area contributed by atoms with Gasteiger partial charge in [0.05, 0.1) is 17.0 Å². The molecule has 10 heteroatoms. The van der Waals surface area contributed by atoms with Gasteiger partial charge in [-0.25, -0.2) is 8.78 Å². The highest BCUT2D eigenvalue weighted by molar-refractivity contribution is 7.16. The van der Waals surface area contributed by atoms with Crippen molar-refractivity contribution in [3.8, 4) is 0 Å². The molecule has 0 unspecified atom stereocenters. The number of ketones is 2. The zero-order valence-electron chi connectivity index (χ0n) is 20.6. The predicted molar refractivity (Wildman–Crippen MR) is 133 cm³/mol. The van der Waals surface area contributed by atoms with Crippen molar-refractivity contribution in [3.05, 3.63) is 45.1 Å². The number of aliphatic hydroxyl groups excluding tert-OH is 2. The van der Waals surface area contributed by atoms with Crippen LogP contribution in [0.1, 0.15) is 38.0 Å². The van der Waals surface area contributed by atoms with Crippen LogP contribution in [0.4, 0.5) is 8.78 Å². The van der Waals surface area contributed by atoms with Crippen LogP contribution in [0.2, 0.25) is 4.34 Å². The maximum atomic E-state index is 17.4. The lowest BCUT2D eigenvalue weighted by atomic mass is 9.44. The minimum absolute atomic E-state index is 0.0674. The Morgan fingerprint density at radius 2 is 2.05 bits per heavy atom. The first-order valence-corrected chi connectivity index (χ1v) is 13.9. The van der Waals surface area contributed by atoms with Crippen molar-refractivity contribution in [2.24, 2.45) is 28.6 Å². The SMILES string of the molecule is C[C@]12C=CC(=O)C=C1[C@@H](F)C[C@H]1[C@@H]3C[C@H]4CN(Cc5ccc(Cl)s5)O[C@@]4(C(=O)CO)[C@@]3(C)C[C@H](O)[C@@]12F. The fourth-order valence-corrected chi connectivity index (χ4v) is 9.74. The van der Waals surface area contributed by atoms with E-state index in [0.29, 0.717) is 23.8 Å². The van der Waals surface area contributed by atoms with Crippen LogP contribution in [0.25, 0.3) is 0 Å². The molecule has 2 N–H and O–H groups in total. The highest BCUT2D eigenvalue weighted by atomic mass is 35.5. The van der Waals surface area contributed by atoms with E-state index in [9.17, 15) is 19.8 Å². The first-order chi connectivity index (χ1) is 17.4. The fourth-order valence-electron chi connectivity index (χ4n) is 8.64. The minimum Gasteiger partial charge on any atom is -0.390 e. The van der Waals surface area contributed by atoms with Gasteiger partial charge >= 0.3 is 0 Å². The van der Waals surface area contributed by atoms with Crippen molar-refractivity contribution in [1.82, 2.24) is 5.06 Å². The molecule has 1 saturated heterocycles. The van der Waals surface area contributed by atoms with Crippen LogP contribution in [0.3, 0.4) is 0 Å². The van der Waals surface area contributed by atoms with E-state index in [4.69, 9.17) is 16.4 Å². The number of allylic oxidation sites excluding steroid dienone is 4. The molecule has 6 rings (SSSR count). The molecular formula is C27H30ClF2NO5S. The molecule has 4 aliphatic carbocycles. The molecule has 0 aromatic carbocycles. The van der Waals surface area contributed by atoms with E-state index >= 15 is 8.78 Å². The lowest BCUT2D eigenvalue weighted by molar-refractivity contribution is -0.269. The fraction of sp³-hybridized carbons (Fsp3) is 0.630. The van der Waals surface area contributed by atoms with E-state index in [0.717, 1.165) is 4.88 Å². The molecule has 3 saturated carbocycles. The van der Waals surface area contributed by atoms with Crippen LogP contribution < -0.4 is 0 Å². The molecule has 0 spiro atoms. The summed E-state index contributed by atoms with van der Waals surface area (Å²) in [4.78, 5) is 32.9. The summed E-state index contributed by atoms with van der Waals surface area (Å²) in [6.07, 6.45) is 0.860. The summed E-state index contributed by atoms with van der Waals surface area (Å²) >= 11 is 7.48. The molecule has 37 heavy (non-hydrogen) atoms. The van der Waals surface area contributed by atoms with E-state index in [1.54, 1.807) is 18.1 Å². The second-order valence-electron chi connectivity index (χ2n) is 11.7. The lowest BCUT2D eigenvalue weighted by Gasteiger charge is -2.63. The molecule has 1 aromatic rings. The number of thiophene rings is 1. The number of rotatable bonds is 4. The zero-order chi connectivity index (χ0) is 26.5. The largest absolute Gasteiger partial charge is 0.390 e. The third-order valence-electron chi connectivity index (χ3n) is 10.2. The average Bonchev–Trinajstić information content (AvgIpc) is 3.49. The Kier molecular flexibility index (Phi) is 5.75. The number of halogens is 3. The summed E-state index contributed by atoms with van der Waals surface area (Å²) < 4.78 is 33.7. The number of carbonyl (C=O) groups is 2. The van der Waals surface area contributed by atoms with Crippen LogP contribution in [-0.2, 0) is 21.0 Å². The summed E-state index contributed by atoms with van der Waals surface area (Å²) in [5, 5.41) is 23.2. The van der Waals surface area contributed by atoms with Gasteiger partial charge in [-0.1, -0.05) is 24.6 Å². The normalized spacial score (nSPS) is 46.7. The summed E-state index contributed by atoms with van der Waals surface area (Å²) in [7, 11) is 0. The van der Waals surface area contributed by atoms with E-state index in [2.05, 4.69) is 0 Å². The number of carbonyl (C=O) groups excluding carboxylic acids is 2. The second-order valence-corrected chi connectivity index (χ2v) is 13.5. The monoisotopic (exact) mass is 553 g/mol. The van der Waals surface area contributed by atoms with Crippen molar-refractivity contribution < 1.29 is 33.4 Å². The third-order valence-corrected chi connectivity index (χ3v) is 11.4. The number of nitrogens with zero attached hydrogens (tertiary/aromatic N) is 1. The van der Waals surface area contributed by atoms with E-state index in [1.807, 2.05) is 13.0 Å². The van der Waals surface area contributed by atoms with Crippen LogP contribution in [0.5, 0.6) is 0 Å². The topological polar surface area (TPSA) is 87.1 Å². The summed E-state index contributed by atoms with van der Waals surface area (Å²) in [6, 6.07) is 3.67. The standard InChI is InChI=1S/C27H30ClF2NO5S/c1-24-6-5-15(33)8-19(24)20(29)9-18-17-7-14-11-31(12-16-3-4-23(28)37-16)36-27(14,22(35)13-32)25(17,2)10-21(34)26(18,24)30/h3-6,8,14,17-18,20-21,32,34H,7,9-13H2,1-2H3/t14-,17-,18-,20-,21-,24-,25-,26-,27-/m0/s1. The Hall–Kier alpha value is -1.49. The Balaban J connectivity index is 1.41. The Morgan fingerprint density at radius 3 is 2.73 bits per heavy atom. The lowest BCUT2D eigenvalue weighted by Crippen LogP contribution is -2.70. The number of aliphatic hydroxyl groups is 2. The Morgan fingerprint density at radius 1 is 1.30 bits per heavy atom. The zero-order valence-corrected chi connectivity index (χ0v) is 22.2. The first-order valence-electron chi connectivity index (χ1n) is 12.7. The van der Waals surface area contributed by atoms with Crippen LogP contribution in [0, 0.1) is 28.6 Å². The van der Waals surface area contributed by atoms with Gasteiger partial charge in [-0.05, 0) is 62.0 Å². The van der Waals surface area contributed by atoms with Gasteiger partial charge in [-0.3, -0.25) is 14.4 Å². The highest BCUT2D eigenvalue weighted by Gasteiger charge is 2.79. The molecule has 0 bridgehead atoms. The van der Waals surface area contributed by atoms with Crippen LogP contribution >= 0.6 is 22.9 Å². The molecule has 0 radical (unpaired) electrons. The van der Waals surface area contributed by atoms with Crippen molar-refractivity contribution in [2.45, 2.75) is 63.2 Å². The Bertz CT molecular complexity index is 1240. The van der Waals surface area contributed by atoms with E-state index in [-0.39, 0.29) is 24.3 Å². The van der Waals surface area contributed by atoms with Crippen molar-refractivity contribution in [3.63, 3.8) is 0 Å². The summed E-state index contributed by atoms with van der Waals surface area (Å²) in [5.41, 5.74) is -6.14. The van der Waals surface area contributed by atoms with E-state index in [1.165, 1.54) is 29.6 Å². The smallest absolute Gasteiger partial charge is 0.192 e. The number of hydrogen-bond donors (Lipinski definition) is 2. The van der Waals surface area contributed by atoms with Crippen molar-refractivity contribution in [1.29, 1.82) is 0 Å². The molecule has 1 aromatic heterocycles. The van der Waals surface area contributed by atoms with Gasteiger partial charge in [0.25, 0.3) is 0 Å². The quantitative estimate of drug-likeness (QED) is 0.586. The van der Waals surface area contributed by atoms with Crippen molar-refractivity contribution >= 4 is 34.5 Å². The van der Waals surface area contributed by atoms with Gasteiger partial charge in [0, 0.05) is 34.1 Å². The maximum Gasteiger partial charge on any atom is 0.192 e.